The van der Waals surface area contributed by atoms with Gasteiger partial charge in [-0.05, 0) is 23.3 Å². The largest absolute Gasteiger partial charge is 0.394 e. The third-order valence-electron chi connectivity index (χ3n) is 4.56. The van der Waals surface area contributed by atoms with Crippen molar-refractivity contribution in [1.82, 2.24) is 14.0 Å². The van der Waals surface area contributed by atoms with E-state index in [9.17, 15) is 13.5 Å². The molecule has 1 unspecified atom stereocenters. The van der Waals surface area contributed by atoms with Gasteiger partial charge in [0, 0.05) is 25.0 Å². The number of hydrogen-bond acceptors (Lipinski definition) is 5. The van der Waals surface area contributed by atoms with Crippen molar-refractivity contribution < 1.29 is 13.5 Å². The van der Waals surface area contributed by atoms with Crippen LogP contribution in [-0.2, 0) is 10.2 Å². The number of aliphatic hydroxyl groups excluding tert-OH is 1. The maximum absolute atomic E-state index is 12.4. The van der Waals surface area contributed by atoms with Gasteiger partial charge in [0.1, 0.15) is 0 Å². The second-order valence-corrected chi connectivity index (χ2v) is 9.18. The van der Waals surface area contributed by atoms with E-state index in [0.717, 1.165) is 21.1 Å². The number of nitrogens with one attached hydrogen (secondary N) is 1. The zero-order chi connectivity index (χ0) is 21.7. The first-order valence-corrected chi connectivity index (χ1v) is 11.2. The Hall–Kier alpha value is -2.46. The van der Waals surface area contributed by atoms with Crippen LogP contribution in [0.25, 0.3) is 0 Å². The zero-order valence-electron chi connectivity index (χ0n) is 16.7. The number of hydrazone groups is 1. The minimum Gasteiger partial charge on any atom is -0.394 e. The molecule has 2 aromatic rings. The number of aliphatic hydroxyl groups is 1. The highest BCUT2D eigenvalue weighted by molar-refractivity contribution is 7.87. The molecule has 1 atom stereocenters. The quantitative estimate of drug-likeness (QED) is 0.519. The summed E-state index contributed by atoms with van der Waals surface area (Å²) in [6.07, 6.45) is 0. The topological polar surface area (TPSA) is 97.6 Å². The van der Waals surface area contributed by atoms with Crippen molar-refractivity contribution in [2.24, 2.45) is 10.1 Å². The van der Waals surface area contributed by atoms with Crippen molar-refractivity contribution in [3.63, 3.8) is 0 Å². The first kappa shape index (κ1) is 22.2. The third kappa shape index (κ3) is 5.17. The lowest BCUT2D eigenvalue weighted by Gasteiger charge is -2.21. The maximum atomic E-state index is 12.4. The van der Waals surface area contributed by atoms with Crippen LogP contribution in [0.1, 0.15) is 17.0 Å². The number of guanidine groups is 1. The van der Waals surface area contributed by atoms with Crippen LogP contribution in [0.3, 0.4) is 0 Å². The van der Waals surface area contributed by atoms with Gasteiger partial charge in [-0.3, -0.25) is 0 Å². The Kier molecular flexibility index (Phi) is 7.09. The Morgan fingerprint density at radius 1 is 1.23 bits per heavy atom. The molecule has 0 fully saturated rings. The fourth-order valence-corrected chi connectivity index (χ4v) is 3.70. The SMILES string of the molecule is CN(C)S(=O)(=O)NC(=NCCO)N1CC(c2ccccc2)C(c2ccc(Cl)cc2)=N1. The molecule has 8 nitrogen and oxygen atoms in total. The summed E-state index contributed by atoms with van der Waals surface area (Å²) in [4.78, 5) is 4.21. The molecule has 0 radical (unpaired) electrons. The van der Waals surface area contributed by atoms with Gasteiger partial charge < -0.3 is 5.11 Å². The molecule has 1 heterocycles. The standard InChI is InChI=1S/C20H24ClN5O3S/c1-25(2)30(28,29)24-20(22-12-13-27)26-14-18(15-6-4-3-5-7-15)19(23-26)16-8-10-17(21)11-9-16/h3-11,18,27H,12-14H2,1-2H3,(H,22,24). The van der Waals surface area contributed by atoms with Gasteiger partial charge in [-0.1, -0.05) is 54.1 Å². The highest BCUT2D eigenvalue weighted by Gasteiger charge is 2.33. The van der Waals surface area contributed by atoms with Crippen LogP contribution in [0.2, 0.25) is 5.02 Å². The van der Waals surface area contributed by atoms with E-state index in [2.05, 4.69) is 9.71 Å². The van der Waals surface area contributed by atoms with Crippen molar-refractivity contribution in [2.75, 3.05) is 33.8 Å². The van der Waals surface area contributed by atoms with E-state index in [1.54, 1.807) is 12.1 Å². The van der Waals surface area contributed by atoms with Crippen LogP contribution in [0.15, 0.2) is 64.7 Å². The number of rotatable bonds is 6. The average Bonchev–Trinajstić information content (AvgIpc) is 3.17. The molecule has 2 N–H and O–H groups in total. The molecule has 0 saturated carbocycles. The molecule has 10 heteroatoms. The van der Waals surface area contributed by atoms with Crippen LogP contribution in [0.5, 0.6) is 0 Å². The van der Waals surface area contributed by atoms with Crippen LogP contribution in [0, 0.1) is 0 Å². The Morgan fingerprint density at radius 2 is 1.90 bits per heavy atom. The lowest BCUT2D eigenvalue weighted by molar-refractivity contribution is 0.305. The van der Waals surface area contributed by atoms with Crippen molar-refractivity contribution in [1.29, 1.82) is 0 Å². The normalized spacial score (nSPS) is 17.4. The smallest absolute Gasteiger partial charge is 0.303 e. The maximum Gasteiger partial charge on any atom is 0.303 e. The molecule has 0 amide bonds. The molecule has 1 aliphatic heterocycles. The van der Waals surface area contributed by atoms with E-state index in [1.807, 2.05) is 42.5 Å². The molecule has 30 heavy (non-hydrogen) atoms. The monoisotopic (exact) mass is 449 g/mol. The van der Waals surface area contributed by atoms with E-state index in [-0.39, 0.29) is 25.0 Å². The van der Waals surface area contributed by atoms with Crippen molar-refractivity contribution in [3.8, 4) is 0 Å². The molecule has 0 aromatic heterocycles. The highest BCUT2D eigenvalue weighted by Crippen LogP contribution is 2.29. The molecule has 2 aromatic carbocycles. The van der Waals surface area contributed by atoms with E-state index in [4.69, 9.17) is 16.7 Å². The predicted molar refractivity (Wildman–Crippen MR) is 119 cm³/mol. The van der Waals surface area contributed by atoms with E-state index < -0.39 is 10.2 Å². The fraction of sp³-hybridized carbons (Fsp3) is 0.300. The Bertz CT molecular complexity index is 1020. The number of halogens is 1. The lowest BCUT2D eigenvalue weighted by atomic mass is 9.91. The van der Waals surface area contributed by atoms with E-state index >= 15 is 0 Å². The Morgan fingerprint density at radius 3 is 2.50 bits per heavy atom. The zero-order valence-corrected chi connectivity index (χ0v) is 18.3. The number of hydrogen-bond donors (Lipinski definition) is 2. The lowest BCUT2D eigenvalue weighted by Crippen LogP contribution is -2.46. The molecule has 1 aliphatic rings. The molecule has 0 spiro atoms. The summed E-state index contributed by atoms with van der Waals surface area (Å²) in [6.45, 7) is 0.225. The molecule has 0 saturated heterocycles. The average molecular weight is 450 g/mol. The van der Waals surface area contributed by atoms with Gasteiger partial charge >= 0.3 is 10.2 Å². The third-order valence-corrected chi connectivity index (χ3v) is 6.22. The van der Waals surface area contributed by atoms with Crippen LogP contribution in [0.4, 0.5) is 0 Å². The minimum absolute atomic E-state index is 0.0452. The fourth-order valence-electron chi connectivity index (χ4n) is 2.99. The highest BCUT2D eigenvalue weighted by atomic mass is 35.5. The first-order chi connectivity index (χ1) is 14.3. The van der Waals surface area contributed by atoms with Crippen molar-refractivity contribution in [2.45, 2.75) is 5.92 Å². The Balaban J connectivity index is 2.01. The van der Waals surface area contributed by atoms with Gasteiger partial charge in [0.05, 0.1) is 25.4 Å². The summed E-state index contributed by atoms with van der Waals surface area (Å²) in [5.74, 6) is -0.0433. The minimum atomic E-state index is -3.79. The molecule has 0 bridgehead atoms. The molecular weight excluding hydrogens is 426 g/mol. The molecule has 0 aliphatic carbocycles. The van der Waals surface area contributed by atoms with E-state index in [1.165, 1.54) is 19.1 Å². The van der Waals surface area contributed by atoms with Gasteiger partial charge in [-0.15, -0.1) is 0 Å². The molecular formula is C20H24ClN5O3S. The number of benzene rings is 2. The molecule has 3 rings (SSSR count). The Labute approximate surface area is 181 Å². The summed E-state index contributed by atoms with van der Waals surface area (Å²) >= 11 is 6.04. The summed E-state index contributed by atoms with van der Waals surface area (Å²) in [6, 6.07) is 17.2. The van der Waals surface area contributed by atoms with Gasteiger partial charge in [0.15, 0.2) is 0 Å². The van der Waals surface area contributed by atoms with Crippen LogP contribution < -0.4 is 4.72 Å². The summed E-state index contributed by atoms with van der Waals surface area (Å²) in [5, 5.41) is 16.0. The second kappa shape index (κ2) is 9.57. The summed E-state index contributed by atoms with van der Waals surface area (Å²) < 4.78 is 28.3. The second-order valence-electron chi connectivity index (χ2n) is 6.86. The van der Waals surface area contributed by atoms with Gasteiger partial charge in [0.2, 0.25) is 5.96 Å². The van der Waals surface area contributed by atoms with Crippen molar-refractivity contribution in [3.05, 3.63) is 70.7 Å². The summed E-state index contributed by atoms with van der Waals surface area (Å²) in [5.41, 5.74) is 2.71. The van der Waals surface area contributed by atoms with Crippen molar-refractivity contribution >= 4 is 33.5 Å². The van der Waals surface area contributed by atoms with E-state index in [0.29, 0.717) is 11.6 Å². The van der Waals surface area contributed by atoms with Gasteiger partial charge in [0.25, 0.3) is 0 Å². The predicted octanol–water partition coefficient (Wildman–Crippen LogP) is 1.89. The number of nitrogens with zero attached hydrogens (tertiary/aromatic N) is 4. The van der Waals surface area contributed by atoms with Gasteiger partial charge in [-0.2, -0.15) is 17.8 Å². The number of aliphatic imine (C=N–C) groups is 1. The molecule has 160 valence electrons. The van der Waals surface area contributed by atoms with Crippen LogP contribution >= 0.6 is 11.6 Å². The van der Waals surface area contributed by atoms with Gasteiger partial charge in [-0.25, -0.2) is 14.7 Å². The van der Waals surface area contributed by atoms with Crippen LogP contribution in [-0.4, -0.2) is 68.3 Å². The first-order valence-electron chi connectivity index (χ1n) is 9.34. The summed E-state index contributed by atoms with van der Waals surface area (Å²) in [7, 11) is -0.949.